The van der Waals surface area contributed by atoms with Crippen LogP contribution >= 0.6 is 11.6 Å². The lowest BCUT2D eigenvalue weighted by molar-refractivity contribution is 0.0963. The number of hydrogen-bond acceptors (Lipinski definition) is 2. The van der Waals surface area contributed by atoms with Crippen molar-refractivity contribution in [2.24, 2.45) is 0 Å². The number of halogens is 1. The number of rotatable bonds is 5. The normalized spacial score (nSPS) is 12.0. The number of carbonyl (C=O) groups excluding carboxylic acids is 1. The Morgan fingerprint density at radius 1 is 1.14 bits per heavy atom. The van der Waals surface area contributed by atoms with E-state index in [-0.39, 0.29) is 11.9 Å². The molecule has 0 aliphatic rings. The highest BCUT2D eigenvalue weighted by atomic mass is 35.5. The van der Waals surface area contributed by atoms with Gasteiger partial charge in [-0.1, -0.05) is 41.9 Å². The summed E-state index contributed by atoms with van der Waals surface area (Å²) in [5, 5.41) is 6.81. The van der Waals surface area contributed by atoms with Crippen LogP contribution in [0.3, 0.4) is 0 Å². The van der Waals surface area contributed by atoms with Gasteiger partial charge in [0.1, 0.15) is 0 Å². The average molecular weight is 303 g/mol. The minimum Gasteiger partial charge on any atom is -0.355 e. The third-order valence-corrected chi connectivity index (χ3v) is 3.77. The fraction of sp³-hybridized carbons (Fsp3) is 0.235. The molecule has 0 spiro atoms. The lowest BCUT2D eigenvalue weighted by atomic mass is 10.1. The van der Waals surface area contributed by atoms with Crippen LogP contribution in [-0.4, -0.2) is 13.0 Å². The molecular formula is C17H19ClN2O. The molecule has 3 nitrogen and oxygen atoms in total. The maximum atomic E-state index is 11.5. The maximum Gasteiger partial charge on any atom is 0.251 e. The summed E-state index contributed by atoms with van der Waals surface area (Å²) in [5.41, 5.74) is 2.88. The minimum absolute atomic E-state index is 0.0704. The van der Waals surface area contributed by atoms with E-state index in [2.05, 4.69) is 17.6 Å². The van der Waals surface area contributed by atoms with Gasteiger partial charge in [0, 0.05) is 30.2 Å². The molecule has 1 atom stereocenters. The van der Waals surface area contributed by atoms with Crippen LogP contribution in [0.25, 0.3) is 0 Å². The average Bonchev–Trinajstić information content (AvgIpc) is 2.52. The van der Waals surface area contributed by atoms with Crippen molar-refractivity contribution in [2.45, 2.75) is 19.5 Å². The number of benzene rings is 2. The molecule has 0 radical (unpaired) electrons. The third kappa shape index (κ3) is 4.06. The van der Waals surface area contributed by atoms with Crippen LogP contribution in [0.4, 0.5) is 0 Å². The molecule has 0 fully saturated rings. The molecule has 2 aromatic carbocycles. The minimum atomic E-state index is -0.0704. The van der Waals surface area contributed by atoms with Crippen LogP contribution in [0.5, 0.6) is 0 Å². The van der Waals surface area contributed by atoms with Crippen LogP contribution in [0, 0.1) is 0 Å². The molecule has 0 saturated heterocycles. The quantitative estimate of drug-likeness (QED) is 0.887. The summed E-state index contributed by atoms with van der Waals surface area (Å²) in [6.07, 6.45) is 0. The fourth-order valence-corrected chi connectivity index (χ4v) is 2.42. The summed E-state index contributed by atoms with van der Waals surface area (Å²) < 4.78 is 0. The Kier molecular flexibility index (Phi) is 5.37. The highest BCUT2D eigenvalue weighted by Crippen LogP contribution is 2.22. The van der Waals surface area contributed by atoms with Gasteiger partial charge in [0.25, 0.3) is 5.91 Å². The van der Waals surface area contributed by atoms with Gasteiger partial charge in [0.2, 0.25) is 0 Å². The van der Waals surface area contributed by atoms with Crippen LogP contribution in [0.1, 0.15) is 34.5 Å². The Morgan fingerprint density at radius 2 is 1.81 bits per heavy atom. The first-order valence-electron chi connectivity index (χ1n) is 6.90. The van der Waals surface area contributed by atoms with Crippen molar-refractivity contribution in [3.63, 3.8) is 0 Å². The molecule has 0 aliphatic carbocycles. The van der Waals surface area contributed by atoms with Crippen LogP contribution in [0.15, 0.2) is 48.5 Å². The molecule has 1 amide bonds. The lowest BCUT2D eigenvalue weighted by Gasteiger charge is -2.15. The first kappa shape index (κ1) is 15.5. The van der Waals surface area contributed by atoms with Crippen LogP contribution in [-0.2, 0) is 6.54 Å². The second kappa shape index (κ2) is 7.25. The van der Waals surface area contributed by atoms with E-state index in [9.17, 15) is 4.79 Å². The molecule has 0 saturated carbocycles. The summed E-state index contributed by atoms with van der Waals surface area (Å²) in [7, 11) is 1.63. The smallest absolute Gasteiger partial charge is 0.251 e. The first-order valence-corrected chi connectivity index (χ1v) is 7.28. The van der Waals surface area contributed by atoms with Gasteiger partial charge >= 0.3 is 0 Å². The van der Waals surface area contributed by atoms with Gasteiger partial charge in [0.15, 0.2) is 0 Å². The molecule has 2 N–H and O–H groups in total. The number of carbonyl (C=O) groups is 1. The van der Waals surface area contributed by atoms with Gasteiger partial charge in [-0.05, 0) is 36.2 Å². The Morgan fingerprint density at radius 3 is 2.43 bits per heavy atom. The SMILES string of the molecule is CNC(=O)c1ccc(CN[C@@H](C)c2ccccc2Cl)cc1. The van der Waals surface area contributed by atoms with E-state index < -0.39 is 0 Å². The van der Waals surface area contributed by atoms with E-state index in [0.29, 0.717) is 5.56 Å². The van der Waals surface area contributed by atoms with Gasteiger partial charge in [-0.3, -0.25) is 4.79 Å². The van der Waals surface area contributed by atoms with Gasteiger partial charge in [-0.2, -0.15) is 0 Å². The monoisotopic (exact) mass is 302 g/mol. The predicted octanol–water partition coefficient (Wildman–Crippen LogP) is 3.55. The predicted molar refractivity (Wildman–Crippen MR) is 86.5 cm³/mol. The zero-order chi connectivity index (χ0) is 15.2. The molecule has 0 unspecified atom stereocenters. The number of amides is 1. The molecule has 0 bridgehead atoms. The largest absolute Gasteiger partial charge is 0.355 e. The van der Waals surface area contributed by atoms with Crippen LogP contribution in [0.2, 0.25) is 5.02 Å². The Labute approximate surface area is 130 Å². The molecule has 21 heavy (non-hydrogen) atoms. The lowest BCUT2D eigenvalue weighted by Crippen LogP contribution is -2.19. The van der Waals surface area contributed by atoms with E-state index in [0.717, 1.165) is 22.7 Å². The first-order chi connectivity index (χ1) is 10.1. The molecule has 0 aliphatic heterocycles. The molecule has 110 valence electrons. The molecule has 0 heterocycles. The van der Waals surface area contributed by atoms with Crippen molar-refractivity contribution in [1.82, 2.24) is 10.6 Å². The van der Waals surface area contributed by atoms with Crippen molar-refractivity contribution >= 4 is 17.5 Å². The van der Waals surface area contributed by atoms with Crippen molar-refractivity contribution < 1.29 is 4.79 Å². The van der Waals surface area contributed by atoms with Gasteiger partial charge < -0.3 is 10.6 Å². The van der Waals surface area contributed by atoms with E-state index >= 15 is 0 Å². The highest BCUT2D eigenvalue weighted by molar-refractivity contribution is 6.31. The zero-order valence-electron chi connectivity index (χ0n) is 12.2. The van der Waals surface area contributed by atoms with Crippen molar-refractivity contribution in [3.8, 4) is 0 Å². The number of hydrogen-bond donors (Lipinski definition) is 2. The highest BCUT2D eigenvalue weighted by Gasteiger charge is 2.08. The summed E-state index contributed by atoms with van der Waals surface area (Å²) in [4.78, 5) is 11.5. The standard InChI is InChI=1S/C17H19ClN2O/c1-12(15-5-3-4-6-16(15)18)20-11-13-7-9-14(10-8-13)17(21)19-2/h3-10,12,20H,11H2,1-2H3,(H,19,21)/t12-/m0/s1. The van der Waals surface area contributed by atoms with Crippen molar-refractivity contribution in [1.29, 1.82) is 0 Å². The Bertz CT molecular complexity index is 610. The second-order valence-corrected chi connectivity index (χ2v) is 5.31. The Balaban J connectivity index is 1.97. The Hall–Kier alpha value is -1.84. The molecular weight excluding hydrogens is 284 g/mol. The van der Waals surface area contributed by atoms with Crippen molar-refractivity contribution in [3.05, 3.63) is 70.2 Å². The third-order valence-electron chi connectivity index (χ3n) is 3.43. The number of nitrogens with one attached hydrogen (secondary N) is 2. The summed E-state index contributed by atoms with van der Waals surface area (Å²) in [6.45, 7) is 2.81. The zero-order valence-corrected chi connectivity index (χ0v) is 12.9. The summed E-state index contributed by atoms with van der Waals surface area (Å²) in [6, 6.07) is 15.6. The molecule has 0 aromatic heterocycles. The topological polar surface area (TPSA) is 41.1 Å². The van der Waals surface area contributed by atoms with Gasteiger partial charge in [0.05, 0.1) is 0 Å². The summed E-state index contributed by atoms with van der Waals surface area (Å²) >= 11 is 6.19. The second-order valence-electron chi connectivity index (χ2n) is 4.90. The summed E-state index contributed by atoms with van der Waals surface area (Å²) in [5.74, 6) is -0.0704. The van der Waals surface area contributed by atoms with Crippen molar-refractivity contribution in [2.75, 3.05) is 7.05 Å². The van der Waals surface area contributed by atoms with E-state index in [1.165, 1.54) is 0 Å². The molecule has 2 rings (SSSR count). The van der Waals surface area contributed by atoms with Crippen LogP contribution < -0.4 is 10.6 Å². The molecule has 2 aromatic rings. The molecule has 4 heteroatoms. The van der Waals surface area contributed by atoms with E-state index in [1.54, 1.807) is 7.05 Å². The van der Waals surface area contributed by atoms with Gasteiger partial charge in [-0.15, -0.1) is 0 Å². The fourth-order valence-electron chi connectivity index (χ4n) is 2.13. The van der Waals surface area contributed by atoms with E-state index in [1.807, 2.05) is 48.5 Å². The van der Waals surface area contributed by atoms with E-state index in [4.69, 9.17) is 11.6 Å². The van der Waals surface area contributed by atoms with Gasteiger partial charge in [-0.25, -0.2) is 0 Å². The maximum absolute atomic E-state index is 11.5.